The summed E-state index contributed by atoms with van der Waals surface area (Å²) in [6.45, 7) is 5.89. The quantitative estimate of drug-likeness (QED) is 0.781. The summed E-state index contributed by atoms with van der Waals surface area (Å²) in [6, 6.07) is 22.1. The molecule has 0 N–H and O–H groups in total. The Labute approximate surface area is 159 Å². The van der Waals surface area contributed by atoms with E-state index >= 15 is 0 Å². The molecule has 0 radical (unpaired) electrons. The van der Waals surface area contributed by atoms with Crippen molar-refractivity contribution in [3.05, 3.63) is 65.2 Å². The third-order valence-electron chi connectivity index (χ3n) is 4.70. The highest BCUT2D eigenvalue weighted by atomic mass is 15.1. The van der Waals surface area contributed by atoms with E-state index in [9.17, 15) is 10.5 Å². The molecule has 5 heteroatoms. The van der Waals surface area contributed by atoms with E-state index in [-0.39, 0.29) is 0 Å². The highest BCUT2D eigenvalue weighted by molar-refractivity contribution is 5.57. The molecule has 0 unspecified atom stereocenters. The summed E-state index contributed by atoms with van der Waals surface area (Å²) in [6.07, 6.45) is 0. The first-order valence-corrected chi connectivity index (χ1v) is 8.67. The average Bonchev–Trinajstić information content (AvgIpc) is 2.73. The van der Waals surface area contributed by atoms with Crippen LogP contribution in [0.5, 0.6) is 0 Å². The second-order valence-corrected chi connectivity index (χ2v) is 6.01. The lowest BCUT2D eigenvalue weighted by atomic mass is 9.76. The minimum atomic E-state index is -1.45. The molecule has 0 aromatic heterocycles. The topological polar surface area (TPSA) is 98.4 Å². The molecule has 0 bridgehead atoms. The van der Waals surface area contributed by atoms with Crippen LogP contribution in [-0.4, -0.2) is 13.1 Å². The summed E-state index contributed by atoms with van der Waals surface area (Å²) in [5.41, 5.74) is 1.24. The van der Waals surface area contributed by atoms with Gasteiger partial charge in [-0.05, 0) is 42.7 Å². The van der Waals surface area contributed by atoms with E-state index in [0.29, 0.717) is 16.7 Å². The Morgan fingerprint density at radius 2 is 1.22 bits per heavy atom. The molecule has 0 heterocycles. The first-order chi connectivity index (χ1) is 13.1. The first kappa shape index (κ1) is 19.5. The molecule has 0 amide bonds. The van der Waals surface area contributed by atoms with E-state index in [1.165, 1.54) is 0 Å². The van der Waals surface area contributed by atoms with Crippen LogP contribution in [-0.2, 0) is 5.41 Å². The average molecular weight is 353 g/mol. The lowest BCUT2D eigenvalue weighted by molar-refractivity contribution is 0.839. The van der Waals surface area contributed by atoms with Gasteiger partial charge in [0, 0.05) is 18.8 Å². The van der Waals surface area contributed by atoms with Gasteiger partial charge in [-0.25, -0.2) is 0 Å². The van der Waals surface area contributed by atoms with E-state index in [2.05, 4.69) is 30.9 Å². The maximum absolute atomic E-state index is 9.84. The number of anilines is 1. The van der Waals surface area contributed by atoms with Crippen LogP contribution in [0.2, 0.25) is 0 Å². The van der Waals surface area contributed by atoms with Gasteiger partial charge in [0.2, 0.25) is 0 Å². The predicted octanol–water partition coefficient (Wildman–Crippen LogP) is 4.00. The van der Waals surface area contributed by atoms with Crippen LogP contribution in [0.1, 0.15) is 36.5 Å². The van der Waals surface area contributed by atoms with Crippen LogP contribution >= 0.6 is 0 Å². The van der Waals surface area contributed by atoms with Crippen molar-refractivity contribution in [3.63, 3.8) is 0 Å². The Kier molecular flexibility index (Phi) is 6.17. The molecule has 2 aromatic carbocycles. The molecule has 0 aliphatic rings. The zero-order valence-electron chi connectivity index (χ0n) is 15.3. The molecule has 5 nitrogen and oxygen atoms in total. The zero-order chi connectivity index (χ0) is 19.9. The molecule has 0 saturated heterocycles. The van der Waals surface area contributed by atoms with E-state index in [0.717, 1.165) is 18.8 Å². The van der Waals surface area contributed by atoms with E-state index < -0.39 is 11.3 Å². The van der Waals surface area contributed by atoms with Crippen LogP contribution in [0.15, 0.2) is 48.5 Å². The largest absolute Gasteiger partial charge is 0.372 e. The Bertz CT molecular complexity index is 915. The summed E-state index contributed by atoms with van der Waals surface area (Å²) in [4.78, 5) is 2.18. The molecule has 132 valence electrons. The Morgan fingerprint density at radius 1 is 0.778 bits per heavy atom. The summed E-state index contributed by atoms with van der Waals surface area (Å²) in [5, 5.41) is 37.7. The van der Waals surface area contributed by atoms with Gasteiger partial charge in [-0.1, -0.05) is 36.4 Å². The van der Waals surface area contributed by atoms with Crippen molar-refractivity contribution >= 4 is 5.69 Å². The second-order valence-electron chi connectivity index (χ2n) is 6.01. The molecule has 0 spiro atoms. The minimum Gasteiger partial charge on any atom is -0.372 e. The molecule has 0 atom stereocenters. The molecule has 0 saturated carbocycles. The van der Waals surface area contributed by atoms with Gasteiger partial charge in [0.1, 0.15) is 0 Å². The van der Waals surface area contributed by atoms with Gasteiger partial charge in [-0.15, -0.1) is 0 Å². The summed E-state index contributed by atoms with van der Waals surface area (Å²) in [5.74, 6) is -0.869. The number of rotatable bonds is 6. The lowest BCUT2D eigenvalue weighted by Crippen LogP contribution is -2.25. The number of nitrogens with zero attached hydrogens (tertiary/aromatic N) is 5. The normalized spacial score (nSPS) is 10.3. The number of hydrogen-bond donors (Lipinski definition) is 0. The second kappa shape index (κ2) is 8.53. The third kappa shape index (κ3) is 3.59. The number of nitriles is 4. The molecule has 0 aliphatic carbocycles. The third-order valence-corrected chi connectivity index (χ3v) is 4.70. The molecular weight excluding hydrogens is 334 g/mol. The molecule has 2 aromatic rings. The molecule has 2 rings (SSSR count). The summed E-state index contributed by atoms with van der Waals surface area (Å²) in [7, 11) is 0. The molecular formula is C22H19N5. The van der Waals surface area contributed by atoms with Crippen molar-refractivity contribution < 1.29 is 0 Å². The van der Waals surface area contributed by atoms with Crippen molar-refractivity contribution in [1.29, 1.82) is 21.0 Å². The van der Waals surface area contributed by atoms with Gasteiger partial charge >= 0.3 is 0 Å². The van der Waals surface area contributed by atoms with Gasteiger partial charge in [-0.2, -0.15) is 21.0 Å². The molecule has 0 fully saturated rings. The van der Waals surface area contributed by atoms with E-state index in [4.69, 9.17) is 10.5 Å². The highest BCUT2D eigenvalue weighted by Crippen LogP contribution is 2.33. The van der Waals surface area contributed by atoms with Crippen LogP contribution in [0.4, 0.5) is 5.69 Å². The van der Waals surface area contributed by atoms with Crippen molar-refractivity contribution in [2.24, 2.45) is 0 Å². The van der Waals surface area contributed by atoms with E-state index in [1.807, 2.05) is 24.3 Å². The first-order valence-electron chi connectivity index (χ1n) is 8.67. The maximum atomic E-state index is 9.84. The smallest absolute Gasteiger partial charge is 0.193 e. The van der Waals surface area contributed by atoms with Gasteiger partial charge in [0.25, 0.3) is 0 Å². The fourth-order valence-corrected chi connectivity index (χ4v) is 3.06. The fourth-order valence-electron chi connectivity index (χ4n) is 3.06. The maximum Gasteiger partial charge on any atom is 0.193 e. The number of hydrogen-bond acceptors (Lipinski definition) is 5. The number of benzene rings is 2. The summed E-state index contributed by atoms with van der Waals surface area (Å²) >= 11 is 0. The molecule has 0 aliphatic heterocycles. The van der Waals surface area contributed by atoms with Crippen molar-refractivity contribution in [1.82, 2.24) is 0 Å². The minimum absolute atomic E-state index is 0.515. The van der Waals surface area contributed by atoms with E-state index in [1.54, 1.807) is 36.4 Å². The van der Waals surface area contributed by atoms with Crippen molar-refractivity contribution in [3.8, 4) is 24.3 Å². The zero-order valence-corrected chi connectivity index (χ0v) is 15.3. The van der Waals surface area contributed by atoms with Gasteiger partial charge < -0.3 is 4.90 Å². The highest BCUT2D eigenvalue weighted by Gasteiger charge is 2.35. The summed E-state index contributed by atoms with van der Waals surface area (Å²) < 4.78 is 0. The van der Waals surface area contributed by atoms with Crippen LogP contribution in [0.3, 0.4) is 0 Å². The standard InChI is InChI=1S/C22H19N5/c1-3-27(4-2)21-11-9-20(10-12-21)22(15-25,16-26)19-7-5-17(6-8-19)18(13-23)14-24/h5-12,18H,3-4H2,1-2H3. The van der Waals surface area contributed by atoms with Crippen LogP contribution in [0, 0.1) is 45.3 Å². The fraction of sp³-hybridized carbons (Fsp3) is 0.273. The monoisotopic (exact) mass is 353 g/mol. The van der Waals surface area contributed by atoms with Crippen molar-refractivity contribution in [2.75, 3.05) is 18.0 Å². The Hall–Kier alpha value is -3.80. The van der Waals surface area contributed by atoms with Crippen LogP contribution < -0.4 is 4.90 Å². The lowest BCUT2D eigenvalue weighted by Gasteiger charge is -2.24. The predicted molar refractivity (Wildman–Crippen MR) is 102 cm³/mol. The molecule has 27 heavy (non-hydrogen) atoms. The van der Waals surface area contributed by atoms with Gasteiger partial charge in [0.15, 0.2) is 11.3 Å². The van der Waals surface area contributed by atoms with Gasteiger partial charge in [-0.3, -0.25) is 0 Å². The van der Waals surface area contributed by atoms with Gasteiger partial charge in [0.05, 0.1) is 24.3 Å². The van der Waals surface area contributed by atoms with Crippen LogP contribution in [0.25, 0.3) is 0 Å². The Balaban J connectivity index is 2.47. The Morgan fingerprint density at radius 3 is 1.59 bits per heavy atom. The van der Waals surface area contributed by atoms with Crippen molar-refractivity contribution in [2.45, 2.75) is 25.2 Å². The SMILES string of the molecule is CCN(CC)c1ccc(C(C#N)(C#N)c2ccc(C(C#N)C#N)cc2)cc1.